The first-order valence-electron chi connectivity index (χ1n) is 9.30. The van der Waals surface area contributed by atoms with Crippen molar-refractivity contribution in [3.8, 4) is 11.1 Å². The molecule has 0 aromatic carbocycles. The van der Waals surface area contributed by atoms with Gasteiger partial charge in [0.2, 0.25) is 0 Å². The Labute approximate surface area is 155 Å². The van der Waals surface area contributed by atoms with E-state index in [0.717, 1.165) is 59.4 Å². The van der Waals surface area contributed by atoms with Crippen molar-refractivity contribution >= 4 is 22.2 Å². The molecule has 1 aliphatic heterocycles. The molecule has 4 aromatic rings. The van der Waals surface area contributed by atoms with Gasteiger partial charge in [-0.1, -0.05) is 0 Å². The van der Waals surface area contributed by atoms with Crippen LogP contribution in [0.1, 0.15) is 18.5 Å². The number of pyridine rings is 2. The van der Waals surface area contributed by atoms with E-state index in [9.17, 15) is 4.79 Å². The largest absolute Gasteiger partial charge is 0.381 e. The van der Waals surface area contributed by atoms with Crippen LogP contribution in [0.3, 0.4) is 0 Å². The van der Waals surface area contributed by atoms with Crippen LogP contribution in [0, 0.1) is 12.8 Å². The predicted molar refractivity (Wildman–Crippen MR) is 104 cm³/mol. The molecule has 0 radical (unpaired) electrons. The molecule has 0 spiro atoms. The van der Waals surface area contributed by atoms with Gasteiger partial charge in [0.15, 0.2) is 5.65 Å². The third kappa shape index (κ3) is 2.84. The van der Waals surface area contributed by atoms with E-state index in [1.165, 1.54) is 0 Å². The Bertz CT molecular complexity index is 1180. The van der Waals surface area contributed by atoms with Gasteiger partial charge in [0.05, 0.1) is 5.52 Å². The number of nitrogens with one attached hydrogen (secondary N) is 2. The number of fused-ring (bicyclic) bond motifs is 2. The van der Waals surface area contributed by atoms with Gasteiger partial charge in [-0.05, 0) is 43.9 Å². The minimum absolute atomic E-state index is 0.0975. The topological polar surface area (TPSA) is 88.6 Å². The highest BCUT2D eigenvalue weighted by atomic mass is 16.5. The Morgan fingerprint density at radius 3 is 2.96 bits per heavy atom. The molecule has 0 aliphatic carbocycles. The molecule has 5 rings (SSSR count). The molecule has 0 amide bonds. The maximum atomic E-state index is 12.5. The number of hydrogen-bond acceptors (Lipinski definition) is 4. The van der Waals surface area contributed by atoms with E-state index in [1.807, 2.05) is 30.0 Å². The van der Waals surface area contributed by atoms with Gasteiger partial charge in [-0.3, -0.25) is 9.55 Å². The van der Waals surface area contributed by atoms with E-state index in [0.29, 0.717) is 18.1 Å². The number of hydrogen-bond donors (Lipinski definition) is 2. The highest BCUT2D eigenvalue weighted by Gasteiger charge is 2.19. The number of aryl methyl sites for hydroxylation is 1. The minimum atomic E-state index is -0.0975. The van der Waals surface area contributed by atoms with E-state index in [1.54, 1.807) is 0 Å². The SMILES string of the molecule is Cc1nc2[nH]c(=O)n(CC3CCOCC3)c2cc1-c1cnc2[nH]ccc2c1. The lowest BCUT2D eigenvalue weighted by Crippen LogP contribution is -2.25. The minimum Gasteiger partial charge on any atom is -0.381 e. The molecular weight excluding hydrogens is 342 g/mol. The van der Waals surface area contributed by atoms with Crippen LogP contribution in [-0.2, 0) is 11.3 Å². The van der Waals surface area contributed by atoms with Gasteiger partial charge in [0.25, 0.3) is 0 Å². The first-order chi connectivity index (χ1) is 13.2. The maximum Gasteiger partial charge on any atom is 0.327 e. The van der Waals surface area contributed by atoms with Gasteiger partial charge in [-0.2, -0.15) is 0 Å². The number of H-pyrrole nitrogens is 2. The van der Waals surface area contributed by atoms with Gasteiger partial charge < -0.3 is 9.72 Å². The lowest BCUT2D eigenvalue weighted by molar-refractivity contribution is 0.0613. The Hall–Kier alpha value is -2.93. The van der Waals surface area contributed by atoms with Crippen LogP contribution >= 0.6 is 0 Å². The van der Waals surface area contributed by atoms with Crippen LogP contribution in [0.4, 0.5) is 0 Å². The number of aromatic amines is 2. The first kappa shape index (κ1) is 16.3. The molecule has 1 fully saturated rings. The number of rotatable bonds is 3. The molecule has 7 heteroatoms. The van der Waals surface area contributed by atoms with E-state index >= 15 is 0 Å². The zero-order valence-corrected chi connectivity index (χ0v) is 15.2. The van der Waals surface area contributed by atoms with Crippen molar-refractivity contribution in [2.45, 2.75) is 26.3 Å². The average Bonchev–Trinajstić information content (AvgIpc) is 3.26. The third-order valence-corrected chi connectivity index (χ3v) is 5.45. The molecule has 0 bridgehead atoms. The standard InChI is InChI=1S/C20H21N5O2/c1-12-16(15-8-14-2-5-21-18(14)22-10-15)9-17-19(23-12)24-20(26)25(17)11-13-3-6-27-7-4-13/h2,5,8-10,13H,3-4,6-7,11H2,1H3,(H,21,22)(H,23,24,26). The molecular formula is C20H21N5O2. The number of nitrogens with zero attached hydrogens (tertiary/aromatic N) is 3. The summed E-state index contributed by atoms with van der Waals surface area (Å²) in [6.45, 7) is 4.20. The zero-order valence-electron chi connectivity index (χ0n) is 15.2. The monoisotopic (exact) mass is 363 g/mol. The van der Waals surface area contributed by atoms with Crippen molar-refractivity contribution in [2.24, 2.45) is 5.92 Å². The van der Waals surface area contributed by atoms with E-state index < -0.39 is 0 Å². The molecule has 27 heavy (non-hydrogen) atoms. The third-order valence-electron chi connectivity index (χ3n) is 5.45. The van der Waals surface area contributed by atoms with Gasteiger partial charge in [-0.25, -0.2) is 14.8 Å². The highest BCUT2D eigenvalue weighted by molar-refractivity contribution is 5.85. The number of ether oxygens (including phenoxy) is 1. The quantitative estimate of drug-likeness (QED) is 0.586. The van der Waals surface area contributed by atoms with Gasteiger partial charge in [0, 0.05) is 54.4 Å². The van der Waals surface area contributed by atoms with Gasteiger partial charge in [0.1, 0.15) is 5.65 Å². The molecule has 1 aliphatic rings. The molecule has 138 valence electrons. The summed E-state index contributed by atoms with van der Waals surface area (Å²) in [6.07, 6.45) is 5.70. The Kier molecular flexibility index (Phi) is 3.82. The molecule has 4 aromatic heterocycles. The van der Waals surface area contributed by atoms with Crippen molar-refractivity contribution in [1.29, 1.82) is 0 Å². The second kappa shape index (κ2) is 6.35. The average molecular weight is 363 g/mol. The van der Waals surface area contributed by atoms with Crippen molar-refractivity contribution in [3.63, 3.8) is 0 Å². The summed E-state index contributed by atoms with van der Waals surface area (Å²) >= 11 is 0. The zero-order chi connectivity index (χ0) is 18.4. The normalized spacial score (nSPS) is 15.7. The van der Waals surface area contributed by atoms with Crippen LogP contribution in [0.25, 0.3) is 33.3 Å². The fraction of sp³-hybridized carbons (Fsp3) is 0.350. The summed E-state index contributed by atoms with van der Waals surface area (Å²) in [4.78, 5) is 27.7. The Balaban J connectivity index is 1.61. The lowest BCUT2D eigenvalue weighted by atomic mass is 10.0. The van der Waals surface area contributed by atoms with Crippen LogP contribution in [0.2, 0.25) is 0 Å². The van der Waals surface area contributed by atoms with Crippen LogP contribution in [0.5, 0.6) is 0 Å². The summed E-state index contributed by atoms with van der Waals surface area (Å²) in [6, 6.07) is 6.16. The molecule has 0 saturated carbocycles. The molecule has 0 atom stereocenters. The summed E-state index contributed by atoms with van der Waals surface area (Å²) in [7, 11) is 0. The molecule has 1 saturated heterocycles. The highest BCUT2D eigenvalue weighted by Crippen LogP contribution is 2.28. The number of aromatic nitrogens is 5. The fourth-order valence-corrected chi connectivity index (χ4v) is 3.92. The summed E-state index contributed by atoms with van der Waals surface area (Å²) in [5.41, 5.74) is 5.13. The lowest BCUT2D eigenvalue weighted by Gasteiger charge is -2.22. The summed E-state index contributed by atoms with van der Waals surface area (Å²) in [5.74, 6) is 0.457. The van der Waals surface area contributed by atoms with Crippen molar-refractivity contribution < 1.29 is 4.74 Å². The molecule has 7 nitrogen and oxygen atoms in total. The van der Waals surface area contributed by atoms with E-state index in [2.05, 4.69) is 32.1 Å². The smallest absolute Gasteiger partial charge is 0.327 e. The van der Waals surface area contributed by atoms with Crippen LogP contribution < -0.4 is 5.69 Å². The maximum absolute atomic E-state index is 12.5. The van der Waals surface area contributed by atoms with E-state index in [4.69, 9.17) is 4.74 Å². The fourth-order valence-electron chi connectivity index (χ4n) is 3.92. The van der Waals surface area contributed by atoms with E-state index in [-0.39, 0.29) is 5.69 Å². The van der Waals surface area contributed by atoms with Gasteiger partial charge >= 0.3 is 5.69 Å². The predicted octanol–water partition coefficient (Wildman–Crippen LogP) is 3.00. The molecule has 0 unspecified atom stereocenters. The van der Waals surface area contributed by atoms with Crippen molar-refractivity contribution in [3.05, 3.63) is 46.8 Å². The molecule has 2 N–H and O–H groups in total. The Morgan fingerprint density at radius 2 is 2.11 bits per heavy atom. The second-order valence-corrected chi connectivity index (χ2v) is 7.23. The molecule has 5 heterocycles. The van der Waals surface area contributed by atoms with Crippen LogP contribution in [-0.4, -0.2) is 37.7 Å². The van der Waals surface area contributed by atoms with Gasteiger partial charge in [-0.15, -0.1) is 0 Å². The Morgan fingerprint density at radius 1 is 1.26 bits per heavy atom. The van der Waals surface area contributed by atoms with Crippen LogP contribution in [0.15, 0.2) is 35.4 Å². The second-order valence-electron chi connectivity index (χ2n) is 7.23. The summed E-state index contributed by atoms with van der Waals surface area (Å²) < 4.78 is 7.26. The van der Waals surface area contributed by atoms with Crippen molar-refractivity contribution in [2.75, 3.05) is 13.2 Å². The summed E-state index contributed by atoms with van der Waals surface area (Å²) in [5, 5.41) is 1.06. The number of imidazole rings is 1. The van der Waals surface area contributed by atoms with Crippen molar-refractivity contribution in [1.82, 2.24) is 24.5 Å². The first-order valence-corrected chi connectivity index (χ1v) is 9.30.